The Morgan fingerprint density at radius 3 is 2.71 bits per heavy atom. The van der Waals surface area contributed by atoms with Crippen molar-refractivity contribution in [2.24, 2.45) is 5.73 Å². The van der Waals surface area contributed by atoms with Gasteiger partial charge in [-0.05, 0) is 11.1 Å². The van der Waals surface area contributed by atoms with Gasteiger partial charge in [-0.3, -0.25) is 4.98 Å². The van der Waals surface area contributed by atoms with Crippen LogP contribution < -0.4 is 5.73 Å². The summed E-state index contributed by atoms with van der Waals surface area (Å²) in [7, 11) is 0. The predicted octanol–water partition coefficient (Wildman–Crippen LogP) is 1.54. The lowest BCUT2D eigenvalue weighted by Crippen LogP contribution is -2.07. The standard InChI is InChI=1S/C9H9F2N3/c10-9(11)8-5-14-4-6(1-2-12)7(8)3-13/h4-5,9H,1,3,13H2. The van der Waals surface area contributed by atoms with E-state index in [0.717, 1.165) is 6.20 Å². The van der Waals surface area contributed by atoms with Gasteiger partial charge in [-0.1, -0.05) is 0 Å². The fourth-order valence-corrected chi connectivity index (χ4v) is 1.22. The average molecular weight is 197 g/mol. The maximum atomic E-state index is 12.5. The zero-order valence-electron chi connectivity index (χ0n) is 7.37. The van der Waals surface area contributed by atoms with E-state index in [1.165, 1.54) is 6.20 Å². The van der Waals surface area contributed by atoms with Crippen LogP contribution in [0.15, 0.2) is 12.4 Å². The number of hydrogen-bond donors (Lipinski definition) is 1. The van der Waals surface area contributed by atoms with Gasteiger partial charge in [-0.2, -0.15) is 5.26 Å². The van der Waals surface area contributed by atoms with E-state index in [9.17, 15) is 8.78 Å². The number of pyridine rings is 1. The minimum atomic E-state index is -2.60. The van der Waals surface area contributed by atoms with E-state index in [1.807, 2.05) is 6.07 Å². The summed E-state index contributed by atoms with van der Waals surface area (Å²) in [4.78, 5) is 3.65. The lowest BCUT2D eigenvalue weighted by atomic mass is 10.0. The fourth-order valence-electron chi connectivity index (χ4n) is 1.22. The van der Waals surface area contributed by atoms with Gasteiger partial charge in [-0.15, -0.1) is 0 Å². The molecule has 0 aliphatic heterocycles. The molecule has 0 fully saturated rings. The first-order chi connectivity index (χ1) is 6.70. The van der Waals surface area contributed by atoms with E-state index in [2.05, 4.69) is 4.98 Å². The summed E-state index contributed by atoms with van der Waals surface area (Å²) in [6.45, 7) is -0.000787. The maximum Gasteiger partial charge on any atom is 0.265 e. The highest BCUT2D eigenvalue weighted by Gasteiger charge is 2.15. The molecule has 0 saturated heterocycles. The summed E-state index contributed by atoms with van der Waals surface area (Å²) >= 11 is 0. The Labute approximate surface area is 80.2 Å². The van der Waals surface area contributed by atoms with Gasteiger partial charge in [-0.25, -0.2) is 8.78 Å². The monoisotopic (exact) mass is 197 g/mol. The summed E-state index contributed by atoms with van der Waals surface area (Å²) in [6, 6.07) is 1.88. The van der Waals surface area contributed by atoms with Crippen LogP contribution in [-0.4, -0.2) is 4.98 Å². The summed E-state index contributed by atoms with van der Waals surface area (Å²) in [5.41, 5.74) is 5.98. The maximum absolute atomic E-state index is 12.5. The minimum absolute atomic E-state index is 0.000787. The number of halogens is 2. The molecule has 1 heterocycles. The third-order valence-electron chi connectivity index (χ3n) is 1.89. The molecule has 0 aliphatic carbocycles. The number of alkyl halides is 2. The molecule has 1 rings (SSSR count). The molecule has 0 bridgehead atoms. The molecule has 5 heteroatoms. The zero-order valence-corrected chi connectivity index (χ0v) is 7.37. The molecular weight excluding hydrogens is 188 g/mol. The van der Waals surface area contributed by atoms with Crippen molar-refractivity contribution in [2.45, 2.75) is 19.4 Å². The highest BCUT2D eigenvalue weighted by atomic mass is 19.3. The molecule has 0 radical (unpaired) electrons. The lowest BCUT2D eigenvalue weighted by Gasteiger charge is -2.09. The second-order valence-corrected chi connectivity index (χ2v) is 2.71. The first kappa shape index (κ1) is 10.5. The van der Waals surface area contributed by atoms with Crippen molar-refractivity contribution in [3.8, 4) is 6.07 Å². The van der Waals surface area contributed by atoms with Gasteiger partial charge >= 0.3 is 0 Å². The Kier molecular flexibility index (Phi) is 3.48. The van der Waals surface area contributed by atoms with Crippen molar-refractivity contribution < 1.29 is 8.78 Å². The molecule has 14 heavy (non-hydrogen) atoms. The van der Waals surface area contributed by atoms with Crippen LogP contribution in [-0.2, 0) is 13.0 Å². The average Bonchev–Trinajstić information content (AvgIpc) is 2.18. The number of nitrogens with zero attached hydrogens (tertiary/aromatic N) is 2. The van der Waals surface area contributed by atoms with Gasteiger partial charge in [0.25, 0.3) is 6.43 Å². The molecule has 0 atom stereocenters. The Balaban J connectivity index is 3.19. The first-order valence-corrected chi connectivity index (χ1v) is 4.01. The lowest BCUT2D eigenvalue weighted by molar-refractivity contribution is 0.149. The third kappa shape index (κ3) is 2.03. The quantitative estimate of drug-likeness (QED) is 0.799. The predicted molar refractivity (Wildman–Crippen MR) is 46.4 cm³/mol. The van der Waals surface area contributed by atoms with Crippen LogP contribution in [0.4, 0.5) is 8.78 Å². The molecule has 0 aliphatic rings. The first-order valence-electron chi connectivity index (χ1n) is 4.01. The van der Waals surface area contributed by atoms with Gasteiger partial charge < -0.3 is 5.73 Å². The van der Waals surface area contributed by atoms with Crippen LogP contribution in [0.25, 0.3) is 0 Å². The Morgan fingerprint density at radius 2 is 2.21 bits per heavy atom. The molecule has 0 saturated carbocycles. The number of nitriles is 1. The van der Waals surface area contributed by atoms with E-state index in [-0.39, 0.29) is 18.5 Å². The highest BCUT2D eigenvalue weighted by Crippen LogP contribution is 2.24. The normalized spacial score (nSPS) is 10.2. The molecular formula is C9H9F2N3. The Morgan fingerprint density at radius 1 is 1.50 bits per heavy atom. The fraction of sp³-hybridized carbons (Fsp3) is 0.333. The second kappa shape index (κ2) is 4.63. The van der Waals surface area contributed by atoms with Crippen molar-refractivity contribution in [3.63, 3.8) is 0 Å². The van der Waals surface area contributed by atoms with Crippen molar-refractivity contribution in [2.75, 3.05) is 0 Å². The molecule has 0 amide bonds. The van der Waals surface area contributed by atoms with Crippen molar-refractivity contribution in [3.05, 3.63) is 29.1 Å². The summed E-state index contributed by atoms with van der Waals surface area (Å²) in [5, 5.41) is 8.46. The number of rotatable bonds is 3. The minimum Gasteiger partial charge on any atom is -0.326 e. The van der Waals surface area contributed by atoms with Gasteiger partial charge in [0.1, 0.15) is 0 Å². The second-order valence-electron chi connectivity index (χ2n) is 2.71. The number of hydrogen-bond acceptors (Lipinski definition) is 3. The molecule has 0 unspecified atom stereocenters. The third-order valence-corrected chi connectivity index (χ3v) is 1.89. The molecule has 0 spiro atoms. The van der Waals surface area contributed by atoms with Crippen molar-refractivity contribution in [1.82, 2.24) is 4.98 Å². The number of nitrogens with two attached hydrogens (primary N) is 1. The van der Waals surface area contributed by atoms with Gasteiger partial charge in [0.15, 0.2) is 0 Å². The topological polar surface area (TPSA) is 62.7 Å². The van der Waals surface area contributed by atoms with Gasteiger partial charge in [0.05, 0.1) is 12.5 Å². The van der Waals surface area contributed by atoms with E-state index in [1.54, 1.807) is 0 Å². The van der Waals surface area contributed by atoms with E-state index in [0.29, 0.717) is 11.1 Å². The van der Waals surface area contributed by atoms with Crippen LogP contribution in [0.5, 0.6) is 0 Å². The molecule has 1 aromatic rings. The largest absolute Gasteiger partial charge is 0.326 e. The Hall–Kier alpha value is -1.54. The van der Waals surface area contributed by atoms with Crippen LogP contribution in [0.3, 0.4) is 0 Å². The van der Waals surface area contributed by atoms with Crippen molar-refractivity contribution in [1.29, 1.82) is 5.26 Å². The molecule has 2 N–H and O–H groups in total. The molecule has 3 nitrogen and oxygen atoms in total. The van der Waals surface area contributed by atoms with Crippen LogP contribution >= 0.6 is 0 Å². The molecule has 0 aromatic carbocycles. The van der Waals surface area contributed by atoms with Crippen molar-refractivity contribution >= 4 is 0 Å². The van der Waals surface area contributed by atoms with Crippen LogP contribution in [0.1, 0.15) is 23.1 Å². The van der Waals surface area contributed by atoms with E-state index in [4.69, 9.17) is 11.0 Å². The summed E-state index contributed by atoms with van der Waals surface area (Å²) < 4.78 is 24.9. The van der Waals surface area contributed by atoms with Crippen LogP contribution in [0, 0.1) is 11.3 Å². The van der Waals surface area contributed by atoms with E-state index >= 15 is 0 Å². The Bertz CT molecular complexity index is 358. The highest BCUT2D eigenvalue weighted by molar-refractivity contribution is 5.34. The van der Waals surface area contributed by atoms with Crippen LogP contribution in [0.2, 0.25) is 0 Å². The molecule has 74 valence electrons. The van der Waals surface area contributed by atoms with E-state index < -0.39 is 6.43 Å². The number of aromatic nitrogens is 1. The smallest absolute Gasteiger partial charge is 0.265 e. The SMILES string of the molecule is N#CCc1cncc(C(F)F)c1CN. The zero-order chi connectivity index (χ0) is 10.6. The molecule has 1 aromatic heterocycles. The summed E-state index contributed by atoms with van der Waals surface area (Å²) in [6.07, 6.45) is -0.0508. The summed E-state index contributed by atoms with van der Waals surface area (Å²) in [5.74, 6) is 0. The van der Waals surface area contributed by atoms with Gasteiger partial charge in [0, 0.05) is 24.5 Å². The van der Waals surface area contributed by atoms with Gasteiger partial charge in [0.2, 0.25) is 0 Å².